The van der Waals surface area contributed by atoms with E-state index in [9.17, 15) is 4.79 Å². The molecule has 0 fully saturated rings. The maximum Gasteiger partial charge on any atom is 0.337 e. The fourth-order valence-electron chi connectivity index (χ4n) is 1.58. The molecular weight excluding hydrogens is 260 g/mol. The van der Waals surface area contributed by atoms with E-state index in [1.807, 2.05) is 18.4 Å². The van der Waals surface area contributed by atoms with Gasteiger partial charge in [-0.1, -0.05) is 6.07 Å². The normalized spacial score (nSPS) is 10.2. The number of pyridine rings is 1. The maximum atomic E-state index is 10.7. The number of carboxylic acid groups (broad SMARTS) is 1. The maximum absolute atomic E-state index is 10.7. The number of benzene rings is 1. The van der Waals surface area contributed by atoms with Crippen molar-refractivity contribution in [1.82, 2.24) is 4.98 Å². The Hall–Kier alpha value is -2.01. The van der Waals surface area contributed by atoms with E-state index in [-0.39, 0.29) is 5.56 Å². The van der Waals surface area contributed by atoms with Crippen molar-refractivity contribution in [3.63, 3.8) is 0 Å². The number of anilines is 1. The Bertz CT molecular complexity index is 570. The predicted molar refractivity (Wildman–Crippen MR) is 76.7 cm³/mol. The van der Waals surface area contributed by atoms with Crippen molar-refractivity contribution in [2.24, 2.45) is 0 Å². The SMILES string of the molecule is CSc1cccc(NCc2ccc(C(=O)O)cn2)c1. The molecule has 2 N–H and O–H groups in total. The van der Waals surface area contributed by atoms with E-state index in [0.717, 1.165) is 11.4 Å². The molecule has 19 heavy (non-hydrogen) atoms. The van der Waals surface area contributed by atoms with Crippen LogP contribution in [0.2, 0.25) is 0 Å². The molecule has 0 aliphatic heterocycles. The average molecular weight is 274 g/mol. The zero-order valence-corrected chi connectivity index (χ0v) is 11.3. The highest BCUT2D eigenvalue weighted by Gasteiger charge is 2.03. The van der Waals surface area contributed by atoms with Gasteiger partial charge in [0.05, 0.1) is 17.8 Å². The first-order valence-electron chi connectivity index (χ1n) is 5.75. The summed E-state index contributed by atoms with van der Waals surface area (Å²) in [6, 6.07) is 11.4. The third-order valence-electron chi connectivity index (χ3n) is 2.62. The van der Waals surface area contributed by atoms with Gasteiger partial charge in [-0.25, -0.2) is 4.79 Å². The highest BCUT2D eigenvalue weighted by Crippen LogP contribution is 2.19. The van der Waals surface area contributed by atoms with Crippen LogP contribution in [0.15, 0.2) is 47.5 Å². The van der Waals surface area contributed by atoms with Crippen molar-refractivity contribution in [3.8, 4) is 0 Å². The number of hydrogen-bond acceptors (Lipinski definition) is 4. The second kappa shape index (κ2) is 6.24. The minimum atomic E-state index is -0.959. The van der Waals surface area contributed by atoms with Crippen molar-refractivity contribution in [2.75, 3.05) is 11.6 Å². The molecule has 0 amide bonds. The molecule has 1 heterocycles. The highest BCUT2D eigenvalue weighted by molar-refractivity contribution is 7.98. The van der Waals surface area contributed by atoms with Crippen molar-refractivity contribution in [1.29, 1.82) is 0 Å². The minimum absolute atomic E-state index is 0.202. The van der Waals surface area contributed by atoms with Crippen LogP contribution in [0.25, 0.3) is 0 Å². The van der Waals surface area contributed by atoms with Gasteiger partial charge < -0.3 is 10.4 Å². The number of thioether (sulfide) groups is 1. The summed E-state index contributed by atoms with van der Waals surface area (Å²) in [7, 11) is 0. The Kier molecular flexibility index (Phi) is 4.41. The lowest BCUT2D eigenvalue weighted by molar-refractivity contribution is 0.0696. The Balaban J connectivity index is 1.99. The molecule has 1 aromatic heterocycles. The van der Waals surface area contributed by atoms with Crippen molar-refractivity contribution < 1.29 is 9.90 Å². The fourth-order valence-corrected chi connectivity index (χ4v) is 2.04. The Morgan fingerprint density at radius 1 is 1.37 bits per heavy atom. The predicted octanol–water partition coefficient (Wildman–Crippen LogP) is 3.11. The molecule has 0 bridgehead atoms. The molecule has 0 saturated heterocycles. The van der Waals surface area contributed by atoms with Crippen LogP contribution in [0.3, 0.4) is 0 Å². The van der Waals surface area contributed by atoms with Crippen LogP contribution in [0.5, 0.6) is 0 Å². The highest BCUT2D eigenvalue weighted by atomic mass is 32.2. The van der Waals surface area contributed by atoms with Crippen LogP contribution in [0, 0.1) is 0 Å². The molecule has 4 nitrogen and oxygen atoms in total. The summed E-state index contributed by atoms with van der Waals surface area (Å²) in [6.45, 7) is 0.567. The van der Waals surface area contributed by atoms with Gasteiger partial charge in [0, 0.05) is 16.8 Å². The summed E-state index contributed by atoms with van der Waals surface area (Å²) >= 11 is 1.69. The lowest BCUT2D eigenvalue weighted by Crippen LogP contribution is -2.03. The van der Waals surface area contributed by atoms with Crippen molar-refractivity contribution in [2.45, 2.75) is 11.4 Å². The third kappa shape index (κ3) is 3.72. The summed E-state index contributed by atoms with van der Waals surface area (Å²) in [5, 5.41) is 12.0. The number of nitrogens with one attached hydrogen (secondary N) is 1. The van der Waals surface area contributed by atoms with Gasteiger partial charge in [-0.15, -0.1) is 11.8 Å². The van der Waals surface area contributed by atoms with E-state index in [2.05, 4.69) is 22.4 Å². The number of carbonyl (C=O) groups is 1. The van der Waals surface area contributed by atoms with Gasteiger partial charge in [0.25, 0.3) is 0 Å². The number of aromatic nitrogens is 1. The number of hydrogen-bond donors (Lipinski definition) is 2. The molecule has 5 heteroatoms. The second-order valence-electron chi connectivity index (χ2n) is 3.93. The fraction of sp³-hybridized carbons (Fsp3) is 0.143. The van der Waals surface area contributed by atoms with Crippen molar-refractivity contribution in [3.05, 3.63) is 53.9 Å². The zero-order valence-electron chi connectivity index (χ0n) is 10.5. The second-order valence-corrected chi connectivity index (χ2v) is 4.81. The van der Waals surface area contributed by atoms with Crippen LogP contribution in [0.4, 0.5) is 5.69 Å². The summed E-state index contributed by atoms with van der Waals surface area (Å²) in [6.07, 6.45) is 3.41. The van der Waals surface area contributed by atoms with Gasteiger partial charge in [0.2, 0.25) is 0 Å². The first kappa shape index (κ1) is 13.4. The van der Waals surface area contributed by atoms with E-state index in [0.29, 0.717) is 6.54 Å². The molecule has 0 saturated carbocycles. The number of rotatable bonds is 5. The first-order valence-corrected chi connectivity index (χ1v) is 6.97. The standard InChI is InChI=1S/C14H14N2O2S/c1-19-13-4-2-3-11(7-13)16-9-12-6-5-10(8-15-12)14(17)18/h2-8,16H,9H2,1H3,(H,17,18). The van der Waals surface area contributed by atoms with E-state index in [1.54, 1.807) is 23.9 Å². The molecule has 0 aliphatic carbocycles. The number of nitrogens with zero attached hydrogens (tertiary/aromatic N) is 1. The van der Waals surface area contributed by atoms with Crippen molar-refractivity contribution >= 4 is 23.4 Å². The number of carboxylic acids is 1. The average Bonchev–Trinajstić information content (AvgIpc) is 2.46. The zero-order chi connectivity index (χ0) is 13.7. The van der Waals surface area contributed by atoms with Crippen LogP contribution in [-0.2, 0) is 6.54 Å². The van der Waals surface area contributed by atoms with E-state index >= 15 is 0 Å². The molecule has 0 spiro atoms. The molecule has 0 atom stereocenters. The molecule has 0 unspecified atom stereocenters. The van der Waals surface area contributed by atoms with Gasteiger partial charge in [-0.3, -0.25) is 4.98 Å². The Labute approximate surface area is 115 Å². The van der Waals surface area contributed by atoms with Gasteiger partial charge in [-0.2, -0.15) is 0 Å². The van der Waals surface area contributed by atoms with Crippen LogP contribution >= 0.6 is 11.8 Å². The molecular formula is C14H14N2O2S. The lowest BCUT2D eigenvalue weighted by Gasteiger charge is -2.07. The molecule has 2 rings (SSSR count). The Morgan fingerprint density at radius 3 is 2.84 bits per heavy atom. The monoisotopic (exact) mass is 274 g/mol. The van der Waals surface area contributed by atoms with Gasteiger partial charge in [0.1, 0.15) is 0 Å². The molecule has 98 valence electrons. The first-order chi connectivity index (χ1) is 9.19. The summed E-state index contributed by atoms with van der Waals surface area (Å²) in [5.41, 5.74) is 2.03. The summed E-state index contributed by atoms with van der Waals surface area (Å²) in [5.74, 6) is -0.959. The number of aromatic carboxylic acids is 1. The van der Waals surface area contributed by atoms with Crippen LogP contribution in [-0.4, -0.2) is 22.3 Å². The molecule has 0 radical (unpaired) electrons. The smallest absolute Gasteiger partial charge is 0.337 e. The van der Waals surface area contributed by atoms with E-state index < -0.39 is 5.97 Å². The van der Waals surface area contributed by atoms with Crippen LogP contribution in [0.1, 0.15) is 16.1 Å². The minimum Gasteiger partial charge on any atom is -0.478 e. The third-order valence-corrected chi connectivity index (χ3v) is 3.34. The Morgan fingerprint density at radius 2 is 2.21 bits per heavy atom. The van der Waals surface area contributed by atoms with E-state index in [1.165, 1.54) is 11.1 Å². The van der Waals surface area contributed by atoms with Gasteiger partial charge in [-0.05, 0) is 36.6 Å². The summed E-state index contributed by atoms with van der Waals surface area (Å²) in [4.78, 5) is 16.0. The van der Waals surface area contributed by atoms with E-state index in [4.69, 9.17) is 5.11 Å². The molecule has 1 aromatic carbocycles. The lowest BCUT2D eigenvalue weighted by atomic mass is 10.2. The summed E-state index contributed by atoms with van der Waals surface area (Å²) < 4.78 is 0. The van der Waals surface area contributed by atoms with Gasteiger partial charge in [0.15, 0.2) is 0 Å². The molecule has 0 aliphatic rings. The largest absolute Gasteiger partial charge is 0.478 e. The topological polar surface area (TPSA) is 62.2 Å². The van der Waals surface area contributed by atoms with Gasteiger partial charge >= 0.3 is 5.97 Å². The quantitative estimate of drug-likeness (QED) is 0.820. The molecule has 2 aromatic rings. The van der Waals surface area contributed by atoms with Crippen LogP contribution < -0.4 is 5.32 Å².